The molecule has 0 aliphatic rings. The van der Waals surface area contributed by atoms with Crippen LogP contribution in [0.4, 0.5) is 5.69 Å². The third-order valence-electron chi connectivity index (χ3n) is 2.52. The summed E-state index contributed by atoms with van der Waals surface area (Å²) >= 11 is 0. The predicted octanol–water partition coefficient (Wildman–Crippen LogP) is 1.45. The van der Waals surface area contributed by atoms with Crippen LogP contribution in [-0.4, -0.2) is 32.4 Å². The number of nitrogens with zero attached hydrogens (tertiary/aromatic N) is 1. The fraction of sp³-hybridized carbons (Fsp3) is 0.500. The number of sulfonamides is 1. The monoisotopic (exact) mass is 257 g/mol. The van der Waals surface area contributed by atoms with E-state index in [9.17, 15) is 13.5 Å². The first kappa shape index (κ1) is 14.0. The molecule has 0 bridgehead atoms. The Hall–Kier alpha value is -1.07. The van der Waals surface area contributed by atoms with Crippen LogP contribution in [0.5, 0.6) is 0 Å². The average molecular weight is 257 g/mol. The Kier molecular flexibility index (Phi) is 4.16. The SMILES string of the molecule is Cc1cccc(C)c1N(CC(C)O)S(C)(=O)=O. The number of hydrogen-bond acceptors (Lipinski definition) is 3. The van der Waals surface area contributed by atoms with Crippen LogP contribution in [-0.2, 0) is 10.0 Å². The largest absolute Gasteiger partial charge is 0.392 e. The zero-order valence-electron chi connectivity index (χ0n) is 10.6. The number of rotatable bonds is 4. The molecule has 1 atom stereocenters. The van der Waals surface area contributed by atoms with Crippen LogP contribution in [0.2, 0.25) is 0 Å². The minimum absolute atomic E-state index is 0.0739. The molecule has 1 aromatic carbocycles. The molecule has 1 N–H and O–H groups in total. The minimum atomic E-state index is -3.38. The zero-order valence-corrected chi connectivity index (χ0v) is 11.5. The molecule has 0 spiro atoms. The second-order valence-corrected chi connectivity index (χ2v) is 6.29. The lowest BCUT2D eigenvalue weighted by atomic mass is 10.1. The summed E-state index contributed by atoms with van der Waals surface area (Å²) in [6.45, 7) is 5.38. The first-order chi connectivity index (χ1) is 7.73. The van der Waals surface area contributed by atoms with E-state index in [0.717, 1.165) is 17.4 Å². The van der Waals surface area contributed by atoms with Crippen molar-refractivity contribution in [3.63, 3.8) is 0 Å². The highest BCUT2D eigenvalue weighted by molar-refractivity contribution is 7.92. The van der Waals surface area contributed by atoms with Crippen LogP contribution in [0.3, 0.4) is 0 Å². The van der Waals surface area contributed by atoms with Crippen LogP contribution < -0.4 is 4.31 Å². The van der Waals surface area contributed by atoms with Gasteiger partial charge in [-0.05, 0) is 31.9 Å². The van der Waals surface area contributed by atoms with E-state index < -0.39 is 16.1 Å². The molecular formula is C12H19NO3S. The fourth-order valence-corrected chi connectivity index (χ4v) is 2.94. The Morgan fingerprint density at radius 2 is 1.76 bits per heavy atom. The van der Waals surface area contributed by atoms with Gasteiger partial charge in [-0.25, -0.2) is 8.42 Å². The minimum Gasteiger partial charge on any atom is -0.392 e. The van der Waals surface area contributed by atoms with E-state index in [4.69, 9.17) is 0 Å². The van der Waals surface area contributed by atoms with Gasteiger partial charge in [0.15, 0.2) is 0 Å². The summed E-state index contributed by atoms with van der Waals surface area (Å²) in [4.78, 5) is 0. The van der Waals surface area contributed by atoms with Crippen molar-refractivity contribution in [1.29, 1.82) is 0 Å². The molecule has 0 amide bonds. The third-order valence-corrected chi connectivity index (χ3v) is 3.65. The van der Waals surface area contributed by atoms with Crippen LogP contribution in [0.15, 0.2) is 18.2 Å². The Labute approximate surface area is 103 Å². The maximum absolute atomic E-state index is 11.8. The summed E-state index contributed by atoms with van der Waals surface area (Å²) in [5, 5.41) is 9.42. The van der Waals surface area contributed by atoms with Crippen molar-refractivity contribution in [3.05, 3.63) is 29.3 Å². The van der Waals surface area contributed by atoms with Crippen LogP contribution in [0, 0.1) is 13.8 Å². The van der Waals surface area contributed by atoms with Gasteiger partial charge in [-0.1, -0.05) is 18.2 Å². The summed E-state index contributed by atoms with van der Waals surface area (Å²) in [5.41, 5.74) is 2.43. The fourth-order valence-electron chi connectivity index (χ4n) is 1.83. The lowest BCUT2D eigenvalue weighted by Crippen LogP contribution is -2.36. The van der Waals surface area contributed by atoms with Crippen molar-refractivity contribution in [2.75, 3.05) is 17.1 Å². The van der Waals surface area contributed by atoms with E-state index in [0.29, 0.717) is 5.69 Å². The van der Waals surface area contributed by atoms with E-state index in [-0.39, 0.29) is 6.54 Å². The average Bonchev–Trinajstić information content (AvgIpc) is 2.13. The topological polar surface area (TPSA) is 57.6 Å². The quantitative estimate of drug-likeness (QED) is 0.888. The second-order valence-electron chi connectivity index (χ2n) is 4.38. The first-order valence-electron chi connectivity index (χ1n) is 5.45. The lowest BCUT2D eigenvalue weighted by molar-refractivity contribution is 0.204. The summed E-state index contributed by atoms with van der Waals surface area (Å²) in [5.74, 6) is 0. The van der Waals surface area contributed by atoms with Crippen LogP contribution in [0.1, 0.15) is 18.1 Å². The Bertz CT molecular complexity index is 474. The zero-order chi connectivity index (χ0) is 13.2. The molecule has 0 radical (unpaired) electrons. The van der Waals surface area contributed by atoms with Crippen molar-refractivity contribution >= 4 is 15.7 Å². The number of aliphatic hydroxyl groups excluding tert-OH is 1. The molecule has 96 valence electrons. The van der Waals surface area contributed by atoms with Gasteiger partial charge >= 0.3 is 0 Å². The van der Waals surface area contributed by atoms with E-state index in [1.54, 1.807) is 6.92 Å². The number of hydrogen-bond donors (Lipinski definition) is 1. The standard InChI is InChI=1S/C12H19NO3S/c1-9-6-5-7-10(2)12(9)13(8-11(3)14)17(4,15)16/h5-7,11,14H,8H2,1-4H3. The lowest BCUT2D eigenvalue weighted by Gasteiger charge is -2.27. The third kappa shape index (κ3) is 3.44. The molecule has 1 aromatic rings. The molecule has 0 saturated carbocycles. The highest BCUT2D eigenvalue weighted by Crippen LogP contribution is 2.26. The van der Waals surface area contributed by atoms with Crippen molar-refractivity contribution in [2.45, 2.75) is 26.9 Å². The number of para-hydroxylation sites is 1. The normalized spacial score (nSPS) is 13.5. The highest BCUT2D eigenvalue weighted by atomic mass is 32.2. The Morgan fingerprint density at radius 1 is 1.29 bits per heavy atom. The highest BCUT2D eigenvalue weighted by Gasteiger charge is 2.22. The number of anilines is 1. The van der Waals surface area contributed by atoms with E-state index in [1.165, 1.54) is 4.31 Å². The molecule has 0 saturated heterocycles. The summed E-state index contributed by atoms with van der Waals surface area (Å²) < 4.78 is 24.8. The number of aliphatic hydroxyl groups is 1. The second kappa shape index (κ2) is 5.06. The van der Waals surface area contributed by atoms with Crippen LogP contribution in [0.25, 0.3) is 0 Å². The van der Waals surface area contributed by atoms with Crippen molar-refractivity contribution in [3.8, 4) is 0 Å². The van der Waals surface area contributed by atoms with E-state index in [2.05, 4.69) is 0 Å². The van der Waals surface area contributed by atoms with Gasteiger partial charge in [0.05, 0.1) is 24.6 Å². The van der Waals surface area contributed by atoms with Crippen molar-refractivity contribution in [2.24, 2.45) is 0 Å². The molecule has 4 nitrogen and oxygen atoms in total. The van der Waals surface area contributed by atoms with Crippen LogP contribution >= 0.6 is 0 Å². The molecule has 5 heteroatoms. The van der Waals surface area contributed by atoms with Gasteiger partial charge in [0, 0.05) is 0 Å². The molecule has 1 rings (SSSR count). The first-order valence-corrected chi connectivity index (χ1v) is 7.30. The number of aryl methyl sites for hydroxylation is 2. The maximum atomic E-state index is 11.8. The molecule has 0 aliphatic heterocycles. The Morgan fingerprint density at radius 3 is 2.12 bits per heavy atom. The summed E-state index contributed by atoms with van der Waals surface area (Å²) in [6.07, 6.45) is 0.449. The van der Waals surface area contributed by atoms with Gasteiger partial charge in [0.1, 0.15) is 0 Å². The summed E-state index contributed by atoms with van der Waals surface area (Å²) in [7, 11) is -3.38. The van der Waals surface area contributed by atoms with Gasteiger partial charge in [0.25, 0.3) is 0 Å². The smallest absolute Gasteiger partial charge is 0.232 e. The van der Waals surface area contributed by atoms with Gasteiger partial charge in [-0.2, -0.15) is 0 Å². The van der Waals surface area contributed by atoms with E-state index >= 15 is 0 Å². The predicted molar refractivity (Wildman–Crippen MR) is 69.8 cm³/mol. The van der Waals surface area contributed by atoms with Crippen molar-refractivity contribution in [1.82, 2.24) is 0 Å². The molecule has 0 aliphatic carbocycles. The van der Waals surface area contributed by atoms with Gasteiger partial charge in [0.2, 0.25) is 10.0 Å². The molecule has 1 unspecified atom stereocenters. The van der Waals surface area contributed by atoms with Gasteiger partial charge < -0.3 is 5.11 Å². The number of benzene rings is 1. The molecule has 0 aromatic heterocycles. The maximum Gasteiger partial charge on any atom is 0.232 e. The van der Waals surface area contributed by atoms with E-state index in [1.807, 2.05) is 32.0 Å². The van der Waals surface area contributed by atoms with Crippen molar-refractivity contribution < 1.29 is 13.5 Å². The van der Waals surface area contributed by atoms with Gasteiger partial charge in [-0.15, -0.1) is 0 Å². The molecule has 0 fully saturated rings. The van der Waals surface area contributed by atoms with Gasteiger partial charge in [-0.3, -0.25) is 4.31 Å². The summed E-state index contributed by atoms with van der Waals surface area (Å²) in [6, 6.07) is 5.61. The molecular weight excluding hydrogens is 238 g/mol. The molecule has 0 heterocycles. The molecule has 17 heavy (non-hydrogen) atoms. The Balaban J connectivity index is 3.32.